The van der Waals surface area contributed by atoms with Crippen molar-refractivity contribution in [3.63, 3.8) is 0 Å². The SMILES string of the molecule is CC1CN(S(C)(=O)=O)CCN1c1cc(-c2ccnn2C)nc2c(-c3ccn[nH]3)nn(CC(F)(F)F)c12. The van der Waals surface area contributed by atoms with E-state index >= 15 is 0 Å². The molecule has 4 aromatic heterocycles. The molecule has 0 aromatic carbocycles. The number of sulfonamides is 1. The van der Waals surface area contributed by atoms with Crippen LogP contribution in [0.2, 0.25) is 0 Å². The number of aryl methyl sites for hydroxylation is 1. The molecule has 0 saturated carbocycles. The van der Waals surface area contributed by atoms with E-state index in [4.69, 9.17) is 4.98 Å². The molecule has 15 heteroatoms. The molecular formula is C21H24F3N9O2S. The van der Waals surface area contributed by atoms with E-state index in [0.29, 0.717) is 22.8 Å². The molecule has 36 heavy (non-hydrogen) atoms. The van der Waals surface area contributed by atoms with Gasteiger partial charge in [0.05, 0.1) is 29.0 Å². The van der Waals surface area contributed by atoms with Gasteiger partial charge in [0.25, 0.3) is 0 Å². The average Bonchev–Trinajstić information content (AvgIpc) is 3.52. The lowest BCUT2D eigenvalue weighted by atomic mass is 10.1. The Hall–Kier alpha value is -3.46. The van der Waals surface area contributed by atoms with Crippen molar-refractivity contribution in [1.29, 1.82) is 0 Å². The molecule has 0 bridgehead atoms. The van der Waals surface area contributed by atoms with Gasteiger partial charge in [0.1, 0.15) is 23.3 Å². The summed E-state index contributed by atoms with van der Waals surface area (Å²) in [5, 5.41) is 15.2. The molecule has 1 aliphatic rings. The van der Waals surface area contributed by atoms with Gasteiger partial charge in [-0.2, -0.15) is 32.8 Å². The summed E-state index contributed by atoms with van der Waals surface area (Å²) in [4.78, 5) is 6.64. The van der Waals surface area contributed by atoms with E-state index < -0.39 is 22.7 Å². The molecule has 1 N–H and O–H groups in total. The molecule has 0 spiro atoms. The number of hydrogen-bond acceptors (Lipinski definition) is 7. The highest BCUT2D eigenvalue weighted by Gasteiger charge is 2.35. The van der Waals surface area contributed by atoms with Crippen LogP contribution < -0.4 is 4.90 Å². The number of nitrogens with one attached hydrogen (secondary N) is 1. The minimum absolute atomic E-state index is 0.199. The van der Waals surface area contributed by atoms with E-state index in [1.165, 1.54) is 10.5 Å². The fourth-order valence-electron chi connectivity index (χ4n) is 4.57. The normalized spacial score (nSPS) is 17.8. The number of halogens is 3. The Morgan fingerprint density at radius 1 is 1.19 bits per heavy atom. The molecule has 0 aliphatic carbocycles. The van der Waals surface area contributed by atoms with Crippen LogP contribution in [0.5, 0.6) is 0 Å². The molecule has 1 unspecified atom stereocenters. The molecule has 1 atom stereocenters. The van der Waals surface area contributed by atoms with Crippen LogP contribution in [0.1, 0.15) is 6.92 Å². The van der Waals surface area contributed by atoms with Crippen LogP contribution in [-0.4, -0.2) is 85.6 Å². The quantitative estimate of drug-likeness (QED) is 0.426. The second-order valence-electron chi connectivity index (χ2n) is 8.82. The Labute approximate surface area is 204 Å². The lowest BCUT2D eigenvalue weighted by molar-refractivity contribution is -0.141. The monoisotopic (exact) mass is 523 g/mol. The summed E-state index contributed by atoms with van der Waals surface area (Å²) in [6, 6.07) is 4.78. The maximum atomic E-state index is 13.6. The first-order chi connectivity index (χ1) is 16.9. The molecule has 192 valence electrons. The third kappa shape index (κ3) is 4.43. The molecule has 5 heterocycles. The van der Waals surface area contributed by atoms with Gasteiger partial charge in [-0.3, -0.25) is 14.5 Å². The van der Waals surface area contributed by atoms with E-state index in [-0.39, 0.29) is 42.4 Å². The third-order valence-electron chi connectivity index (χ3n) is 6.21. The van der Waals surface area contributed by atoms with Gasteiger partial charge in [0, 0.05) is 45.1 Å². The molecule has 1 fully saturated rings. The number of piperazine rings is 1. The van der Waals surface area contributed by atoms with E-state index in [1.54, 1.807) is 36.1 Å². The van der Waals surface area contributed by atoms with E-state index in [1.807, 2.05) is 11.8 Å². The van der Waals surface area contributed by atoms with E-state index in [0.717, 1.165) is 10.9 Å². The van der Waals surface area contributed by atoms with Gasteiger partial charge in [0.15, 0.2) is 0 Å². The van der Waals surface area contributed by atoms with Crippen LogP contribution in [0.3, 0.4) is 0 Å². The molecule has 11 nitrogen and oxygen atoms in total. The Morgan fingerprint density at radius 3 is 2.56 bits per heavy atom. The van der Waals surface area contributed by atoms with Crippen molar-refractivity contribution in [3.05, 3.63) is 30.6 Å². The van der Waals surface area contributed by atoms with Gasteiger partial charge in [-0.25, -0.2) is 13.4 Å². The molecule has 5 rings (SSSR count). The van der Waals surface area contributed by atoms with Crippen molar-refractivity contribution in [3.8, 4) is 22.8 Å². The van der Waals surface area contributed by atoms with Crippen LogP contribution >= 0.6 is 0 Å². The smallest absolute Gasteiger partial charge is 0.364 e. The standard InChI is InChI=1S/C21H24F3N9O2S/c1-13-11-31(36(3,34)35)8-9-32(13)17-10-15(16-5-7-26-30(16)2)27-19-18(14-4-6-25-28-14)29-33(20(17)19)12-21(22,23)24/h4-7,10,13H,8-9,11-12H2,1-3H3,(H,25,28). The van der Waals surface area contributed by atoms with Crippen molar-refractivity contribution in [2.45, 2.75) is 25.7 Å². The average molecular weight is 524 g/mol. The van der Waals surface area contributed by atoms with E-state index in [2.05, 4.69) is 20.4 Å². The lowest BCUT2D eigenvalue weighted by Gasteiger charge is -2.40. The fraction of sp³-hybridized carbons (Fsp3) is 0.429. The predicted octanol–water partition coefficient (Wildman–Crippen LogP) is 2.25. The number of aromatic nitrogens is 7. The number of aromatic amines is 1. The Kier molecular flexibility index (Phi) is 5.78. The second-order valence-corrected chi connectivity index (χ2v) is 10.8. The lowest BCUT2D eigenvalue weighted by Crippen LogP contribution is -2.53. The number of anilines is 1. The van der Waals surface area contributed by atoms with Gasteiger partial charge in [-0.15, -0.1) is 0 Å². The van der Waals surface area contributed by atoms with Gasteiger partial charge in [-0.1, -0.05) is 0 Å². The highest BCUT2D eigenvalue weighted by molar-refractivity contribution is 7.88. The van der Waals surface area contributed by atoms with Crippen molar-refractivity contribution >= 4 is 26.7 Å². The number of pyridine rings is 1. The van der Waals surface area contributed by atoms with Crippen LogP contribution in [0.25, 0.3) is 33.8 Å². The predicted molar refractivity (Wildman–Crippen MR) is 127 cm³/mol. The Bertz CT molecular complexity index is 1510. The topological polar surface area (TPSA) is 118 Å². The first-order valence-electron chi connectivity index (χ1n) is 11.1. The van der Waals surface area contributed by atoms with Crippen molar-refractivity contribution in [1.82, 2.24) is 39.0 Å². The van der Waals surface area contributed by atoms with Crippen molar-refractivity contribution in [2.24, 2.45) is 7.05 Å². The third-order valence-corrected chi connectivity index (χ3v) is 7.48. The first kappa shape index (κ1) is 24.2. The first-order valence-corrected chi connectivity index (χ1v) is 13.0. The largest absolute Gasteiger partial charge is 0.408 e. The number of alkyl halides is 3. The maximum Gasteiger partial charge on any atom is 0.408 e. The Morgan fingerprint density at radius 2 is 1.97 bits per heavy atom. The molecule has 1 aliphatic heterocycles. The summed E-state index contributed by atoms with van der Waals surface area (Å²) in [6.07, 6.45) is -0.280. The van der Waals surface area contributed by atoms with Gasteiger partial charge in [0.2, 0.25) is 10.0 Å². The second kappa shape index (κ2) is 8.58. The Balaban J connectivity index is 1.76. The van der Waals surface area contributed by atoms with Crippen LogP contribution in [0.4, 0.5) is 18.9 Å². The number of nitrogens with zero attached hydrogens (tertiary/aromatic N) is 8. The highest BCUT2D eigenvalue weighted by Crippen LogP contribution is 2.38. The summed E-state index contributed by atoms with van der Waals surface area (Å²) in [5.41, 5.74) is 2.80. The molecular weight excluding hydrogens is 499 g/mol. The number of rotatable bonds is 5. The van der Waals surface area contributed by atoms with Gasteiger partial charge < -0.3 is 4.90 Å². The zero-order chi connectivity index (χ0) is 25.8. The molecule has 0 amide bonds. The maximum absolute atomic E-state index is 13.6. The molecule has 4 aromatic rings. The van der Waals surface area contributed by atoms with Gasteiger partial charge in [-0.05, 0) is 25.1 Å². The summed E-state index contributed by atoms with van der Waals surface area (Å²) in [7, 11) is -1.66. The zero-order valence-electron chi connectivity index (χ0n) is 19.7. The van der Waals surface area contributed by atoms with Gasteiger partial charge >= 0.3 is 6.18 Å². The molecule has 0 radical (unpaired) electrons. The summed E-state index contributed by atoms with van der Waals surface area (Å²) in [5.74, 6) is 0. The highest BCUT2D eigenvalue weighted by atomic mass is 32.2. The molecule has 1 saturated heterocycles. The summed E-state index contributed by atoms with van der Waals surface area (Å²) < 4.78 is 69.0. The van der Waals surface area contributed by atoms with Crippen LogP contribution in [-0.2, 0) is 23.6 Å². The minimum atomic E-state index is -4.53. The summed E-state index contributed by atoms with van der Waals surface area (Å²) >= 11 is 0. The summed E-state index contributed by atoms with van der Waals surface area (Å²) in [6.45, 7) is 1.22. The zero-order valence-corrected chi connectivity index (χ0v) is 20.5. The van der Waals surface area contributed by atoms with Crippen LogP contribution in [0, 0.1) is 0 Å². The number of fused-ring (bicyclic) bond motifs is 1. The number of H-pyrrole nitrogens is 1. The minimum Gasteiger partial charge on any atom is -0.364 e. The fourth-order valence-corrected chi connectivity index (χ4v) is 5.47. The number of hydrogen-bond donors (Lipinski definition) is 1. The van der Waals surface area contributed by atoms with Crippen molar-refractivity contribution < 1.29 is 21.6 Å². The van der Waals surface area contributed by atoms with Crippen LogP contribution in [0.15, 0.2) is 30.6 Å². The van der Waals surface area contributed by atoms with Crippen molar-refractivity contribution in [2.75, 3.05) is 30.8 Å². The van der Waals surface area contributed by atoms with E-state index in [9.17, 15) is 21.6 Å².